The summed E-state index contributed by atoms with van der Waals surface area (Å²) in [6.45, 7) is 3.69. The zero-order chi connectivity index (χ0) is 24.2. The predicted octanol–water partition coefficient (Wildman–Crippen LogP) is 4.91. The molecule has 0 bridgehead atoms. The van der Waals surface area contributed by atoms with E-state index in [0.29, 0.717) is 23.1 Å². The molecular formula is C25H29ClN2O5S. The van der Waals surface area contributed by atoms with Crippen molar-refractivity contribution in [3.8, 4) is 11.5 Å². The molecule has 0 radical (unpaired) electrons. The second-order valence-corrected chi connectivity index (χ2v) is 9.85. The normalized spacial score (nSPS) is 19.7. The molecule has 1 amide bonds. The Morgan fingerprint density at radius 3 is 2.74 bits per heavy atom. The second-order valence-electron chi connectivity index (χ2n) is 8.29. The Labute approximate surface area is 209 Å². The minimum atomic E-state index is -0.293. The molecule has 1 fully saturated rings. The fourth-order valence-electron chi connectivity index (χ4n) is 4.54. The van der Waals surface area contributed by atoms with Gasteiger partial charge in [0.05, 0.1) is 26.5 Å². The van der Waals surface area contributed by atoms with Gasteiger partial charge in [0, 0.05) is 29.0 Å². The first-order valence-electron chi connectivity index (χ1n) is 11.3. The summed E-state index contributed by atoms with van der Waals surface area (Å²) < 4.78 is 16.6. The fraction of sp³-hybridized carbons (Fsp3) is 0.440. The van der Waals surface area contributed by atoms with Gasteiger partial charge in [0.15, 0.2) is 0 Å². The van der Waals surface area contributed by atoms with Gasteiger partial charge in [-0.15, -0.1) is 0 Å². The number of methoxy groups -OCH3 is 2. The van der Waals surface area contributed by atoms with E-state index in [4.69, 9.17) is 25.8 Å². The van der Waals surface area contributed by atoms with Crippen LogP contribution in [0, 0.1) is 0 Å². The Balaban J connectivity index is 1.49. The van der Waals surface area contributed by atoms with Crippen LogP contribution in [-0.4, -0.2) is 56.7 Å². The first-order valence-corrected chi connectivity index (χ1v) is 12.6. The van der Waals surface area contributed by atoms with E-state index in [1.807, 2.05) is 30.3 Å². The molecule has 4 rings (SSSR count). The number of carbonyl (C=O) groups excluding carboxylic acids is 2. The Bertz CT molecular complexity index is 1070. The number of fused-ring (bicyclic) bond motifs is 1. The average Bonchev–Trinajstić information content (AvgIpc) is 3.45. The molecule has 0 aliphatic carbocycles. The van der Waals surface area contributed by atoms with Gasteiger partial charge in [0.1, 0.15) is 22.9 Å². The van der Waals surface area contributed by atoms with Crippen LogP contribution in [0.3, 0.4) is 0 Å². The number of rotatable bonds is 8. The number of hydrogen-bond donors (Lipinski definition) is 0. The number of benzene rings is 2. The van der Waals surface area contributed by atoms with E-state index in [1.165, 1.54) is 7.11 Å². The van der Waals surface area contributed by atoms with Crippen LogP contribution in [0.1, 0.15) is 37.1 Å². The SMILES string of the molecule is COC(=O)[C@@H]1CCCN1CCCOc1ccc(OC)cc1C1Sc2cc(Cl)ccc2N1C(C)=O. The van der Waals surface area contributed by atoms with Gasteiger partial charge in [-0.3, -0.25) is 19.4 Å². The number of hydrogen-bond acceptors (Lipinski definition) is 7. The quantitative estimate of drug-likeness (QED) is 0.373. The molecule has 1 saturated heterocycles. The maximum absolute atomic E-state index is 12.6. The molecule has 2 aromatic rings. The van der Waals surface area contributed by atoms with Crippen LogP contribution in [0.2, 0.25) is 5.02 Å². The standard InChI is InChI=1S/C25H29ClN2O5S/c1-16(29)28-20-9-7-17(26)14-23(20)34-24(28)19-15-18(31-2)8-10-22(19)33-13-5-12-27-11-4-6-21(27)25(30)32-3/h7-10,14-15,21,24H,4-6,11-13H2,1-3H3/t21-,24?/m0/s1. The third-order valence-corrected chi connectivity index (χ3v) is 7.66. The minimum absolute atomic E-state index is 0.0600. The van der Waals surface area contributed by atoms with Gasteiger partial charge in [-0.25, -0.2) is 0 Å². The monoisotopic (exact) mass is 504 g/mol. The first-order chi connectivity index (χ1) is 16.4. The molecule has 1 unspecified atom stereocenters. The molecule has 0 aromatic heterocycles. The lowest BCUT2D eigenvalue weighted by molar-refractivity contribution is -0.145. The lowest BCUT2D eigenvalue weighted by Gasteiger charge is -2.26. The highest BCUT2D eigenvalue weighted by Gasteiger charge is 2.36. The van der Waals surface area contributed by atoms with Crippen molar-refractivity contribution in [2.45, 2.75) is 42.5 Å². The van der Waals surface area contributed by atoms with Crippen LogP contribution >= 0.6 is 23.4 Å². The van der Waals surface area contributed by atoms with Gasteiger partial charge in [-0.1, -0.05) is 23.4 Å². The van der Waals surface area contributed by atoms with Crippen LogP contribution in [0.15, 0.2) is 41.3 Å². The summed E-state index contributed by atoms with van der Waals surface area (Å²) in [5.41, 5.74) is 1.70. The van der Waals surface area contributed by atoms with E-state index in [2.05, 4.69) is 4.90 Å². The highest BCUT2D eigenvalue weighted by Crippen LogP contribution is 2.54. The zero-order valence-electron chi connectivity index (χ0n) is 19.6. The number of esters is 1. The second kappa shape index (κ2) is 10.9. The van der Waals surface area contributed by atoms with Crippen LogP contribution in [0.25, 0.3) is 0 Å². The number of likely N-dealkylation sites (tertiary alicyclic amines) is 1. The molecular weight excluding hydrogens is 476 g/mol. The van der Waals surface area contributed by atoms with Crippen molar-refractivity contribution >= 4 is 40.9 Å². The van der Waals surface area contributed by atoms with E-state index < -0.39 is 0 Å². The molecule has 2 atom stereocenters. The zero-order valence-corrected chi connectivity index (χ0v) is 21.2. The van der Waals surface area contributed by atoms with Crippen molar-refractivity contribution in [3.63, 3.8) is 0 Å². The Morgan fingerprint density at radius 1 is 1.18 bits per heavy atom. The summed E-state index contributed by atoms with van der Waals surface area (Å²) in [7, 11) is 3.05. The third kappa shape index (κ3) is 5.14. The Morgan fingerprint density at radius 2 is 2.00 bits per heavy atom. The number of amides is 1. The number of ether oxygens (including phenoxy) is 3. The van der Waals surface area contributed by atoms with Crippen LogP contribution < -0.4 is 14.4 Å². The number of nitrogens with zero attached hydrogens (tertiary/aromatic N) is 2. The lowest BCUT2D eigenvalue weighted by Crippen LogP contribution is -2.37. The van der Waals surface area contributed by atoms with Gasteiger partial charge in [0.25, 0.3) is 0 Å². The molecule has 2 aliphatic heterocycles. The van der Waals surface area contributed by atoms with Gasteiger partial charge < -0.3 is 14.2 Å². The third-order valence-electron chi connectivity index (χ3n) is 6.16. The van der Waals surface area contributed by atoms with Crippen LogP contribution in [-0.2, 0) is 14.3 Å². The van der Waals surface area contributed by atoms with E-state index in [-0.39, 0.29) is 23.3 Å². The molecule has 0 spiro atoms. The summed E-state index contributed by atoms with van der Waals surface area (Å²) in [4.78, 5) is 29.5. The maximum Gasteiger partial charge on any atom is 0.323 e. The van der Waals surface area contributed by atoms with Crippen molar-refractivity contribution in [3.05, 3.63) is 47.0 Å². The molecule has 34 heavy (non-hydrogen) atoms. The molecule has 7 nitrogen and oxygen atoms in total. The average molecular weight is 505 g/mol. The smallest absolute Gasteiger partial charge is 0.323 e. The summed E-state index contributed by atoms with van der Waals surface area (Å²) in [5, 5.41) is 0.336. The molecule has 0 saturated carbocycles. The first kappa shape index (κ1) is 24.7. The van der Waals surface area contributed by atoms with Gasteiger partial charge in [0.2, 0.25) is 5.91 Å². The molecule has 182 valence electrons. The topological polar surface area (TPSA) is 68.3 Å². The van der Waals surface area contributed by atoms with Crippen molar-refractivity contribution in [2.75, 3.05) is 38.8 Å². The van der Waals surface area contributed by atoms with Crippen LogP contribution in [0.5, 0.6) is 11.5 Å². The van der Waals surface area contributed by atoms with Gasteiger partial charge >= 0.3 is 5.97 Å². The number of carbonyl (C=O) groups is 2. The highest BCUT2D eigenvalue weighted by atomic mass is 35.5. The Hall–Kier alpha value is -2.42. The number of anilines is 1. The van der Waals surface area contributed by atoms with Crippen molar-refractivity contribution in [2.24, 2.45) is 0 Å². The summed E-state index contributed by atoms with van der Waals surface area (Å²) in [6.07, 6.45) is 2.59. The Kier molecular flexibility index (Phi) is 7.91. The largest absolute Gasteiger partial charge is 0.497 e. The molecule has 2 aliphatic rings. The molecule has 9 heteroatoms. The fourth-order valence-corrected chi connectivity index (χ4v) is 6.18. The van der Waals surface area contributed by atoms with E-state index in [1.54, 1.807) is 36.8 Å². The van der Waals surface area contributed by atoms with Gasteiger partial charge in [-0.05, 0) is 62.2 Å². The highest BCUT2D eigenvalue weighted by molar-refractivity contribution is 8.00. The lowest BCUT2D eigenvalue weighted by atomic mass is 10.1. The number of thioether (sulfide) groups is 1. The van der Waals surface area contributed by atoms with E-state index in [9.17, 15) is 9.59 Å². The molecule has 2 heterocycles. The van der Waals surface area contributed by atoms with Crippen molar-refractivity contribution in [1.29, 1.82) is 0 Å². The maximum atomic E-state index is 12.6. The minimum Gasteiger partial charge on any atom is -0.497 e. The van der Waals surface area contributed by atoms with Crippen LogP contribution in [0.4, 0.5) is 5.69 Å². The predicted molar refractivity (Wildman–Crippen MR) is 133 cm³/mol. The van der Waals surface area contributed by atoms with E-state index >= 15 is 0 Å². The molecule has 0 N–H and O–H groups in total. The summed E-state index contributed by atoms with van der Waals surface area (Å²) in [5.74, 6) is 1.17. The van der Waals surface area contributed by atoms with Gasteiger partial charge in [-0.2, -0.15) is 0 Å². The van der Waals surface area contributed by atoms with E-state index in [0.717, 1.165) is 48.5 Å². The number of halogens is 1. The summed E-state index contributed by atoms with van der Waals surface area (Å²) in [6, 6.07) is 11.1. The summed E-state index contributed by atoms with van der Waals surface area (Å²) >= 11 is 7.77. The van der Waals surface area contributed by atoms with Crippen molar-refractivity contribution in [1.82, 2.24) is 4.90 Å². The molecule has 2 aromatic carbocycles. The van der Waals surface area contributed by atoms with Crippen molar-refractivity contribution < 1.29 is 23.8 Å².